The fourth-order valence-corrected chi connectivity index (χ4v) is 3.04. The van der Waals surface area contributed by atoms with E-state index in [4.69, 9.17) is 0 Å². The SMILES string of the molecule is Cc1c(C(=O)N2CCCC[C@@H]2C(=O)O)cnn1-c1ccccc1. The molecule has 1 N–H and O–H groups in total. The van der Waals surface area contributed by atoms with Gasteiger partial charge in [-0.3, -0.25) is 4.79 Å². The van der Waals surface area contributed by atoms with Gasteiger partial charge in [-0.05, 0) is 38.3 Å². The van der Waals surface area contributed by atoms with Gasteiger partial charge < -0.3 is 10.0 Å². The molecule has 6 nitrogen and oxygen atoms in total. The molecule has 0 bridgehead atoms. The van der Waals surface area contributed by atoms with Gasteiger partial charge >= 0.3 is 5.97 Å². The van der Waals surface area contributed by atoms with Crippen molar-refractivity contribution in [3.8, 4) is 5.69 Å². The summed E-state index contributed by atoms with van der Waals surface area (Å²) in [7, 11) is 0. The van der Waals surface area contributed by atoms with Crippen molar-refractivity contribution in [1.29, 1.82) is 0 Å². The Bertz CT molecular complexity index is 724. The number of carbonyl (C=O) groups is 2. The Hall–Kier alpha value is -2.63. The molecular weight excluding hydrogens is 294 g/mol. The standard InChI is InChI=1S/C17H19N3O3/c1-12-14(11-18-20(12)13-7-3-2-4-8-13)16(21)19-10-6-5-9-15(19)17(22)23/h2-4,7-8,11,15H,5-6,9-10H2,1H3,(H,22,23)/t15-/m1/s1. The lowest BCUT2D eigenvalue weighted by Gasteiger charge is -2.32. The summed E-state index contributed by atoms with van der Waals surface area (Å²) in [6, 6.07) is 8.81. The van der Waals surface area contributed by atoms with Crippen LogP contribution in [0.25, 0.3) is 5.69 Å². The minimum atomic E-state index is -0.939. The van der Waals surface area contributed by atoms with E-state index in [9.17, 15) is 14.7 Å². The monoisotopic (exact) mass is 313 g/mol. The molecule has 0 saturated carbocycles. The number of amides is 1. The second kappa shape index (κ2) is 6.24. The number of carbonyl (C=O) groups excluding carboxylic acids is 1. The highest BCUT2D eigenvalue weighted by atomic mass is 16.4. The molecule has 2 aromatic rings. The van der Waals surface area contributed by atoms with Crippen molar-refractivity contribution in [3.63, 3.8) is 0 Å². The summed E-state index contributed by atoms with van der Waals surface area (Å²) in [5, 5.41) is 13.6. The van der Waals surface area contributed by atoms with E-state index >= 15 is 0 Å². The van der Waals surface area contributed by atoms with E-state index in [2.05, 4.69) is 5.10 Å². The van der Waals surface area contributed by atoms with E-state index in [1.165, 1.54) is 11.1 Å². The Kier molecular flexibility index (Phi) is 4.14. The molecule has 1 aliphatic heterocycles. The van der Waals surface area contributed by atoms with Gasteiger partial charge in [0.05, 0.1) is 23.1 Å². The Morgan fingerprint density at radius 3 is 2.65 bits per heavy atom. The highest BCUT2D eigenvalue weighted by molar-refractivity contribution is 5.97. The molecule has 120 valence electrons. The molecule has 0 radical (unpaired) electrons. The molecule has 1 aromatic carbocycles. The van der Waals surface area contributed by atoms with Crippen molar-refractivity contribution in [2.45, 2.75) is 32.2 Å². The molecule has 1 saturated heterocycles. The van der Waals surface area contributed by atoms with Gasteiger partial charge in [-0.1, -0.05) is 18.2 Å². The summed E-state index contributed by atoms with van der Waals surface area (Å²) in [6.45, 7) is 2.30. The first-order valence-corrected chi connectivity index (χ1v) is 7.73. The number of hydrogen-bond donors (Lipinski definition) is 1. The zero-order chi connectivity index (χ0) is 16.4. The number of benzene rings is 1. The van der Waals surface area contributed by atoms with Crippen molar-refractivity contribution in [2.24, 2.45) is 0 Å². The first-order valence-electron chi connectivity index (χ1n) is 7.73. The molecule has 1 aliphatic rings. The van der Waals surface area contributed by atoms with Crippen LogP contribution in [0.2, 0.25) is 0 Å². The van der Waals surface area contributed by atoms with Gasteiger partial charge in [0.15, 0.2) is 0 Å². The van der Waals surface area contributed by atoms with Crippen LogP contribution >= 0.6 is 0 Å². The third kappa shape index (κ3) is 2.84. The maximum atomic E-state index is 12.8. The van der Waals surface area contributed by atoms with Crippen molar-refractivity contribution < 1.29 is 14.7 Å². The third-order valence-corrected chi connectivity index (χ3v) is 4.29. The normalized spacial score (nSPS) is 18.0. The van der Waals surface area contributed by atoms with Gasteiger partial charge in [0.1, 0.15) is 6.04 Å². The second-order valence-corrected chi connectivity index (χ2v) is 5.74. The molecule has 1 fully saturated rings. The number of aliphatic carboxylic acids is 1. The van der Waals surface area contributed by atoms with Crippen LogP contribution in [-0.2, 0) is 4.79 Å². The molecule has 2 heterocycles. The van der Waals surface area contributed by atoms with Crippen molar-refractivity contribution in [3.05, 3.63) is 47.8 Å². The quantitative estimate of drug-likeness (QED) is 0.943. The fourth-order valence-electron chi connectivity index (χ4n) is 3.04. The van der Waals surface area contributed by atoms with Crippen LogP contribution in [-0.4, -0.2) is 44.3 Å². The van der Waals surface area contributed by atoms with Crippen LogP contribution in [0, 0.1) is 6.92 Å². The van der Waals surface area contributed by atoms with E-state index in [1.54, 1.807) is 4.68 Å². The van der Waals surface area contributed by atoms with Gasteiger partial charge in [0.2, 0.25) is 0 Å². The van der Waals surface area contributed by atoms with Gasteiger partial charge in [-0.25, -0.2) is 9.48 Å². The van der Waals surface area contributed by atoms with Gasteiger partial charge in [-0.15, -0.1) is 0 Å². The molecule has 1 atom stereocenters. The van der Waals surface area contributed by atoms with E-state index in [1.807, 2.05) is 37.3 Å². The number of hydrogen-bond acceptors (Lipinski definition) is 3. The van der Waals surface area contributed by atoms with Gasteiger partial charge in [0.25, 0.3) is 5.91 Å². The largest absolute Gasteiger partial charge is 0.480 e. The maximum absolute atomic E-state index is 12.8. The molecule has 3 rings (SSSR count). The van der Waals surface area contributed by atoms with E-state index in [-0.39, 0.29) is 5.91 Å². The number of rotatable bonds is 3. The highest BCUT2D eigenvalue weighted by Gasteiger charge is 2.33. The summed E-state index contributed by atoms with van der Waals surface area (Å²) >= 11 is 0. The van der Waals surface area contributed by atoms with Crippen LogP contribution in [0.5, 0.6) is 0 Å². The number of aromatic nitrogens is 2. The number of nitrogens with zero attached hydrogens (tertiary/aromatic N) is 3. The summed E-state index contributed by atoms with van der Waals surface area (Å²) in [5.74, 6) is -1.19. The van der Waals surface area contributed by atoms with Crippen LogP contribution in [0.4, 0.5) is 0 Å². The summed E-state index contributed by atoms with van der Waals surface area (Å²) in [5.41, 5.74) is 2.05. The minimum Gasteiger partial charge on any atom is -0.480 e. The molecule has 23 heavy (non-hydrogen) atoms. The first kappa shape index (κ1) is 15.3. The van der Waals surface area contributed by atoms with E-state index in [0.717, 1.165) is 24.2 Å². The molecule has 1 aromatic heterocycles. The van der Waals surface area contributed by atoms with Crippen LogP contribution in [0.15, 0.2) is 36.5 Å². The lowest BCUT2D eigenvalue weighted by Crippen LogP contribution is -2.48. The molecular formula is C17H19N3O3. The van der Waals surface area contributed by atoms with Crippen molar-refractivity contribution in [1.82, 2.24) is 14.7 Å². The first-order chi connectivity index (χ1) is 11.1. The summed E-state index contributed by atoms with van der Waals surface area (Å²) in [4.78, 5) is 25.7. The summed E-state index contributed by atoms with van der Waals surface area (Å²) < 4.78 is 1.70. The molecule has 0 aliphatic carbocycles. The minimum absolute atomic E-state index is 0.253. The number of carboxylic acid groups (broad SMARTS) is 1. The maximum Gasteiger partial charge on any atom is 0.326 e. The molecule has 0 unspecified atom stereocenters. The van der Waals surface area contributed by atoms with Crippen molar-refractivity contribution >= 4 is 11.9 Å². The molecule has 6 heteroatoms. The van der Waals surface area contributed by atoms with Crippen LogP contribution in [0.1, 0.15) is 35.3 Å². The Morgan fingerprint density at radius 2 is 1.96 bits per heavy atom. The Balaban J connectivity index is 1.91. The average molecular weight is 313 g/mol. The Morgan fingerprint density at radius 1 is 1.22 bits per heavy atom. The smallest absolute Gasteiger partial charge is 0.326 e. The Labute approximate surface area is 134 Å². The lowest BCUT2D eigenvalue weighted by atomic mass is 10.0. The number of para-hydroxylation sites is 1. The highest BCUT2D eigenvalue weighted by Crippen LogP contribution is 2.22. The number of carboxylic acids is 1. The van der Waals surface area contributed by atoms with Gasteiger partial charge in [0, 0.05) is 6.54 Å². The van der Waals surface area contributed by atoms with E-state index in [0.29, 0.717) is 18.5 Å². The predicted molar refractivity (Wildman–Crippen MR) is 84.6 cm³/mol. The molecule has 0 spiro atoms. The third-order valence-electron chi connectivity index (χ3n) is 4.29. The second-order valence-electron chi connectivity index (χ2n) is 5.74. The number of piperidine rings is 1. The van der Waals surface area contributed by atoms with Gasteiger partial charge in [-0.2, -0.15) is 5.10 Å². The zero-order valence-electron chi connectivity index (χ0n) is 13.0. The predicted octanol–water partition coefficient (Wildman–Crippen LogP) is 2.26. The lowest BCUT2D eigenvalue weighted by molar-refractivity contribution is -0.143. The molecule has 1 amide bonds. The van der Waals surface area contributed by atoms with Crippen LogP contribution in [0.3, 0.4) is 0 Å². The topological polar surface area (TPSA) is 75.4 Å². The summed E-state index contributed by atoms with van der Waals surface area (Å²) in [6.07, 6.45) is 3.70. The van der Waals surface area contributed by atoms with Crippen LogP contribution < -0.4 is 0 Å². The van der Waals surface area contributed by atoms with E-state index < -0.39 is 12.0 Å². The van der Waals surface area contributed by atoms with Crippen molar-refractivity contribution in [2.75, 3.05) is 6.54 Å². The fraction of sp³-hybridized carbons (Fsp3) is 0.353. The number of likely N-dealkylation sites (tertiary alicyclic amines) is 1. The zero-order valence-corrected chi connectivity index (χ0v) is 13.0. The average Bonchev–Trinajstić information content (AvgIpc) is 2.96.